The Morgan fingerprint density at radius 3 is 2.83 bits per heavy atom. The normalized spacial score (nSPS) is 10.6. The van der Waals surface area contributed by atoms with Crippen molar-refractivity contribution < 1.29 is 9.53 Å². The fourth-order valence-electron chi connectivity index (χ4n) is 1.37. The van der Waals surface area contributed by atoms with Crippen LogP contribution in [0.25, 0.3) is 0 Å². The predicted octanol–water partition coefficient (Wildman–Crippen LogP) is -0.354. The number of aromatic nitrogens is 5. The molecule has 0 bridgehead atoms. The molecular formula is C10H14N6O2. The Labute approximate surface area is 103 Å². The first kappa shape index (κ1) is 12.1. The zero-order chi connectivity index (χ0) is 13.1. The molecule has 0 saturated carbocycles. The van der Waals surface area contributed by atoms with Crippen molar-refractivity contribution in [2.45, 2.75) is 20.1 Å². The lowest BCUT2D eigenvalue weighted by Crippen LogP contribution is -2.15. The molecule has 0 fully saturated rings. The van der Waals surface area contributed by atoms with Crippen LogP contribution in [0.5, 0.6) is 0 Å². The standard InChI is InChI=1S/C10H14N6O2/c1-7-12-13-9(15(7)2)6-18-10(17)5-16-4-3-8(11)14-16/h3-4H,5-6H2,1-2H3,(H2,11,14). The van der Waals surface area contributed by atoms with Crippen molar-refractivity contribution in [2.24, 2.45) is 7.05 Å². The van der Waals surface area contributed by atoms with Crippen molar-refractivity contribution in [3.05, 3.63) is 23.9 Å². The molecule has 8 nitrogen and oxygen atoms in total. The summed E-state index contributed by atoms with van der Waals surface area (Å²) in [7, 11) is 1.81. The summed E-state index contributed by atoms with van der Waals surface area (Å²) in [6.07, 6.45) is 1.61. The second kappa shape index (κ2) is 4.86. The minimum Gasteiger partial charge on any atom is -0.456 e. The van der Waals surface area contributed by atoms with Gasteiger partial charge in [0.25, 0.3) is 0 Å². The number of anilines is 1. The molecule has 18 heavy (non-hydrogen) atoms. The third-order valence-electron chi connectivity index (χ3n) is 2.50. The van der Waals surface area contributed by atoms with Crippen LogP contribution >= 0.6 is 0 Å². The summed E-state index contributed by atoms with van der Waals surface area (Å²) in [5.41, 5.74) is 5.44. The lowest BCUT2D eigenvalue weighted by atomic mass is 10.6. The summed E-state index contributed by atoms with van der Waals surface area (Å²) in [5, 5.41) is 11.6. The molecule has 0 amide bonds. The first-order valence-electron chi connectivity index (χ1n) is 5.35. The number of hydrogen-bond donors (Lipinski definition) is 1. The van der Waals surface area contributed by atoms with E-state index in [4.69, 9.17) is 10.5 Å². The third kappa shape index (κ3) is 2.65. The number of hydrogen-bond acceptors (Lipinski definition) is 6. The Morgan fingerprint density at radius 1 is 1.50 bits per heavy atom. The fourth-order valence-corrected chi connectivity index (χ4v) is 1.37. The van der Waals surface area contributed by atoms with Crippen LogP contribution in [0, 0.1) is 6.92 Å². The zero-order valence-electron chi connectivity index (χ0n) is 10.2. The third-order valence-corrected chi connectivity index (χ3v) is 2.50. The zero-order valence-corrected chi connectivity index (χ0v) is 10.2. The van der Waals surface area contributed by atoms with Gasteiger partial charge >= 0.3 is 5.97 Å². The maximum absolute atomic E-state index is 11.5. The molecule has 0 unspecified atom stereocenters. The molecule has 96 valence electrons. The van der Waals surface area contributed by atoms with Crippen molar-refractivity contribution in [1.82, 2.24) is 24.5 Å². The summed E-state index contributed by atoms with van der Waals surface area (Å²) in [6, 6.07) is 1.61. The average Bonchev–Trinajstić information content (AvgIpc) is 2.86. The quantitative estimate of drug-likeness (QED) is 0.744. The molecule has 0 aliphatic rings. The van der Waals surface area contributed by atoms with Crippen molar-refractivity contribution in [3.8, 4) is 0 Å². The van der Waals surface area contributed by atoms with Crippen LogP contribution < -0.4 is 5.73 Å². The van der Waals surface area contributed by atoms with Gasteiger partial charge in [-0.1, -0.05) is 0 Å². The number of nitrogens with zero attached hydrogens (tertiary/aromatic N) is 5. The molecule has 2 aromatic heterocycles. The van der Waals surface area contributed by atoms with E-state index in [0.29, 0.717) is 11.6 Å². The van der Waals surface area contributed by atoms with E-state index in [1.165, 1.54) is 4.68 Å². The Hall–Kier alpha value is -2.38. The Bertz CT molecular complexity index is 558. The van der Waals surface area contributed by atoms with Crippen LogP contribution in [-0.4, -0.2) is 30.5 Å². The van der Waals surface area contributed by atoms with E-state index >= 15 is 0 Å². The van der Waals surface area contributed by atoms with Crippen LogP contribution in [0.3, 0.4) is 0 Å². The molecule has 0 saturated heterocycles. The lowest BCUT2D eigenvalue weighted by molar-refractivity contribution is -0.146. The summed E-state index contributed by atoms with van der Waals surface area (Å²) < 4.78 is 8.25. The van der Waals surface area contributed by atoms with E-state index in [0.717, 1.165) is 5.82 Å². The van der Waals surface area contributed by atoms with Crippen LogP contribution in [-0.2, 0) is 29.7 Å². The molecule has 0 aromatic carbocycles. The first-order chi connectivity index (χ1) is 8.56. The summed E-state index contributed by atoms with van der Waals surface area (Å²) in [6.45, 7) is 1.94. The van der Waals surface area contributed by atoms with Crippen LogP contribution in [0.15, 0.2) is 12.3 Å². The average molecular weight is 250 g/mol. The number of ether oxygens (including phenoxy) is 1. The molecular weight excluding hydrogens is 236 g/mol. The minimum atomic E-state index is -0.404. The van der Waals surface area contributed by atoms with Gasteiger partial charge in [0.05, 0.1) is 0 Å². The number of rotatable bonds is 4. The number of carbonyl (C=O) groups is 1. The summed E-state index contributed by atoms with van der Waals surface area (Å²) in [4.78, 5) is 11.5. The monoisotopic (exact) mass is 250 g/mol. The first-order valence-corrected chi connectivity index (χ1v) is 5.35. The van der Waals surface area contributed by atoms with Gasteiger partial charge in [0.15, 0.2) is 12.4 Å². The smallest absolute Gasteiger partial charge is 0.328 e. The number of aryl methyl sites for hydroxylation is 1. The van der Waals surface area contributed by atoms with Gasteiger partial charge in [0, 0.05) is 13.2 Å². The lowest BCUT2D eigenvalue weighted by Gasteiger charge is -2.04. The highest BCUT2D eigenvalue weighted by Gasteiger charge is 2.09. The Kier molecular flexibility index (Phi) is 3.26. The van der Waals surface area contributed by atoms with E-state index in [1.54, 1.807) is 16.8 Å². The topological polar surface area (TPSA) is 101 Å². The highest BCUT2D eigenvalue weighted by Crippen LogP contribution is 2.01. The van der Waals surface area contributed by atoms with Crippen molar-refractivity contribution in [1.29, 1.82) is 0 Å². The molecule has 8 heteroatoms. The second-order valence-corrected chi connectivity index (χ2v) is 3.82. The van der Waals surface area contributed by atoms with Gasteiger partial charge in [-0.3, -0.25) is 9.48 Å². The molecule has 0 aliphatic heterocycles. The van der Waals surface area contributed by atoms with Gasteiger partial charge in [-0.05, 0) is 13.0 Å². The number of carbonyl (C=O) groups excluding carboxylic acids is 1. The minimum absolute atomic E-state index is 0.0219. The Balaban J connectivity index is 1.87. The van der Waals surface area contributed by atoms with Crippen LogP contribution in [0.2, 0.25) is 0 Å². The van der Waals surface area contributed by atoms with Crippen molar-refractivity contribution in [3.63, 3.8) is 0 Å². The van der Waals surface area contributed by atoms with Gasteiger partial charge in [0.2, 0.25) is 0 Å². The second-order valence-electron chi connectivity index (χ2n) is 3.82. The molecule has 0 radical (unpaired) electrons. The van der Waals surface area contributed by atoms with Gasteiger partial charge < -0.3 is 15.0 Å². The molecule has 0 spiro atoms. The maximum atomic E-state index is 11.5. The molecule has 2 N–H and O–H groups in total. The molecule has 2 heterocycles. The van der Waals surface area contributed by atoms with E-state index in [1.807, 2.05) is 14.0 Å². The van der Waals surface area contributed by atoms with Gasteiger partial charge in [-0.15, -0.1) is 10.2 Å². The van der Waals surface area contributed by atoms with E-state index in [2.05, 4.69) is 15.3 Å². The van der Waals surface area contributed by atoms with Gasteiger partial charge in [-0.2, -0.15) is 5.10 Å². The van der Waals surface area contributed by atoms with Crippen LogP contribution in [0.4, 0.5) is 5.82 Å². The van der Waals surface area contributed by atoms with Crippen molar-refractivity contribution >= 4 is 11.8 Å². The van der Waals surface area contributed by atoms with Gasteiger partial charge in [-0.25, -0.2) is 0 Å². The number of esters is 1. The van der Waals surface area contributed by atoms with Crippen molar-refractivity contribution in [2.75, 3.05) is 5.73 Å². The van der Waals surface area contributed by atoms with E-state index < -0.39 is 5.97 Å². The fraction of sp³-hybridized carbons (Fsp3) is 0.400. The largest absolute Gasteiger partial charge is 0.456 e. The molecule has 0 atom stereocenters. The predicted molar refractivity (Wildman–Crippen MR) is 62.2 cm³/mol. The Morgan fingerprint density at radius 2 is 2.28 bits per heavy atom. The highest BCUT2D eigenvalue weighted by atomic mass is 16.5. The SMILES string of the molecule is Cc1nnc(COC(=O)Cn2ccc(N)n2)n1C. The molecule has 2 aromatic rings. The van der Waals surface area contributed by atoms with E-state index in [-0.39, 0.29) is 13.2 Å². The summed E-state index contributed by atoms with van der Waals surface area (Å²) >= 11 is 0. The van der Waals surface area contributed by atoms with E-state index in [9.17, 15) is 4.79 Å². The van der Waals surface area contributed by atoms with Crippen LogP contribution in [0.1, 0.15) is 11.6 Å². The highest BCUT2D eigenvalue weighted by molar-refractivity contribution is 5.69. The molecule has 0 aliphatic carbocycles. The van der Waals surface area contributed by atoms with Gasteiger partial charge in [0.1, 0.15) is 18.2 Å². The number of nitrogens with two attached hydrogens (primary N) is 1. The summed E-state index contributed by atoms with van der Waals surface area (Å²) in [5.74, 6) is 1.33. The number of nitrogen functional groups attached to an aromatic ring is 1. The molecule has 2 rings (SSSR count). The maximum Gasteiger partial charge on any atom is 0.328 e.